The highest BCUT2D eigenvalue weighted by Crippen LogP contribution is 2.38. The van der Waals surface area contributed by atoms with Crippen LogP contribution in [0, 0.1) is 0 Å². The zero-order chi connectivity index (χ0) is 16.0. The van der Waals surface area contributed by atoms with Gasteiger partial charge in [-0.1, -0.05) is 30.7 Å². The van der Waals surface area contributed by atoms with Crippen LogP contribution in [-0.2, 0) is 12.8 Å². The lowest BCUT2D eigenvalue weighted by Crippen LogP contribution is -2.04. The fourth-order valence-electron chi connectivity index (χ4n) is 3.26. The predicted molar refractivity (Wildman–Crippen MR) is 96.1 cm³/mol. The lowest BCUT2D eigenvalue weighted by molar-refractivity contribution is 0.903. The quantitative estimate of drug-likeness (QED) is 0.843. The minimum absolute atomic E-state index is 0.592. The molecule has 4 rings (SSSR count). The van der Waals surface area contributed by atoms with Crippen molar-refractivity contribution in [3.8, 4) is 0 Å². The van der Waals surface area contributed by atoms with E-state index < -0.39 is 0 Å². The average Bonchev–Trinajstić information content (AvgIpc) is 3.07. The number of hydrogen-bond acceptors (Lipinski definition) is 5. The van der Waals surface area contributed by atoms with Crippen molar-refractivity contribution < 1.29 is 0 Å². The van der Waals surface area contributed by atoms with Crippen molar-refractivity contribution >= 4 is 33.9 Å². The molecule has 0 unspecified atom stereocenters. The van der Waals surface area contributed by atoms with Crippen LogP contribution < -0.4 is 5.73 Å². The van der Waals surface area contributed by atoms with Crippen LogP contribution in [0.5, 0.6) is 0 Å². The molecular formula is C18H18N4S. The SMILES string of the molecule is CCC1=C(C)c2c(N)nc(SC3=Nc4ccccc4C3)nc2C1. The van der Waals surface area contributed by atoms with Gasteiger partial charge in [0.15, 0.2) is 5.16 Å². The van der Waals surface area contributed by atoms with Gasteiger partial charge in [0.05, 0.1) is 16.4 Å². The van der Waals surface area contributed by atoms with Crippen LogP contribution in [-0.4, -0.2) is 15.0 Å². The van der Waals surface area contributed by atoms with E-state index in [4.69, 9.17) is 10.7 Å². The van der Waals surface area contributed by atoms with Crippen LogP contribution in [0.1, 0.15) is 37.1 Å². The normalized spacial score (nSPS) is 15.7. The van der Waals surface area contributed by atoms with E-state index in [2.05, 4.69) is 29.9 Å². The molecule has 2 aliphatic rings. The number of nitrogens with two attached hydrogens (primary N) is 1. The Morgan fingerprint density at radius 3 is 2.78 bits per heavy atom. The zero-order valence-corrected chi connectivity index (χ0v) is 14.1. The summed E-state index contributed by atoms with van der Waals surface area (Å²) in [7, 11) is 0. The lowest BCUT2D eigenvalue weighted by Gasteiger charge is -2.07. The number of para-hydroxylation sites is 1. The minimum atomic E-state index is 0.592. The summed E-state index contributed by atoms with van der Waals surface area (Å²) in [6.07, 6.45) is 2.77. The number of hydrogen-bond donors (Lipinski definition) is 1. The van der Waals surface area contributed by atoms with Gasteiger partial charge in [0, 0.05) is 18.4 Å². The molecule has 1 aromatic carbocycles. The Morgan fingerprint density at radius 1 is 1.17 bits per heavy atom. The topological polar surface area (TPSA) is 64.2 Å². The molecule has 0 fully saturated rings. The molecule has 0 atom stereocenters. The maximum absolute atomic E-state index is 6.20. The summed E-state index contributed by atoms with van der Waals surface area (Å²) in [5, 5.41) is 1.74. The van der Waals surface area contributed by atoms with Crippen molar-refractivity contribution in [2.75, 3.05) is 5.73 Å². The molecule has 0 amide bonds. The van der Waals surface area contributed by atoms with E-state index in [9.17, 15) is 0 Å². The molecule has 2 aromatic rings. The van der Waals surface area contributed by atoms with Crippen LogP contribution in [0.15, 0.2) is 40.0 Å². The number of aromatic nitrogens is 2. The van der Waals surface area contributed by atoms with E-state index in [1.165, 1.54) is 28.5 Å². The summed E-state index contributed by atoms with van der Waals surface area (Å²) in [5.74, 6) is 0.592. The Labute approximate surface area is 140 Å². The second kappa shape index (κ2) is 5.49. The molecule has 0 bridgehead atoms. The Balaban J connectivity index is 1.61. The monoisotopic (exact) mass is 322 g/mol. The summed E-state index contributed by atoms with van der Waals surface area (Å²) >= 11 is 1.53. The highest BCUT2D eigenvalue weighted by Gasteiger charge is 2.24. The van der Waals surface area contributed by atoms with Crippen molar-refractivity contribution in [3.05, 3.63) is 46.7 Å². The molecular weight excluding hydrogens is 304 g/mol. The fourth-order valence-corrected chi connectivity index (χ4v) is 4.14. The van der Waals surface area contributed by atoms with Gasteiger partial charge < -0.3 is 5.73 Å². The number of thioether (sulfide) groups is 1. The minimum Gasteiger partial charge on any atom is -0.383 e. The van der Waals surface area contributed by atoms with Gasteiger partial charge in [0.2, 0.25) is 0 Å². The van der Waals surface area contributed by atoms with Crippen molar-refractivity contribution in [3.63, 3.8) is 0 Å². The first kappa shape index (κ1) is 14.5. The molecule has 2 N–H and O–H groups in total. The van der Waals surface area contributed by atoms with Gasteiger partial charge in [0.1, 0.15) is 5.82 Å². The number of aliphatic imine (C=N–C) groups is 1. The zero-order valence-electron chi connectivity index (χ0n) is 13.3. The number of anilines is 1. The van der Waals surface area contributed by atoms with Crippen molar-refractivity contribution in [2.24, 2.45) is 4.99 Å². The molecule has 0 radical (unpaired) electrons. The first-order valence-electron chi connectivity index (χ1n) is 7.84. The van der Waals surface area contributed by atoms with Crippen LogP contribution in [0.2, 0.25) is 0 Å². The predicted octanol–water partition coefficient (Wildman–Crippen LogP) is 4.18. The fraction of sp³-hybridized carbons (Fsp3) is 0.278. The highest BCUT2D eigenvalue weighted by molar-refractivity contribution is 8.13. The van der Waals surface area contributed by atoms with Crippen molar-refractivity contribution in [2.45, 2.75) is 38.3 Å². The molecule has 0 spiro atoms. The molecule has 2 heterocycles. The summed E-state index contributed by atoms with van der Waals surface area (Å²) in [4.78, 5) is 13.9. The molecule has 1 aromatic heterocycles. The number of nitrogen functional groups attached to an aromatic ring is 1. The molecule has 0 saturated carbocycles. The molecule has 5 heteroatoms. The molecule has 23 heavy (non-hydrogen) atoms. The number of fused-ring (bicyclic) bond motifs is 2. The third kappa shape index (κ3) is 2.45. The van der Waals surface area contributed by atoms with E-state index in [1.807, 2.05) is 18.2 Å². The smallest absolute Gasteiger partial charge is 0.195 e. The number of allylic oxidation sites excluding steroid dienone is 2. The second-order valence-electron chi connectivity index (χ2n) is 5.89. The number of nitrogens with zero attached hydrogens (tertiary/aromatic N) is 3. The summed E-state index contributed by atoms with van der Waals surface area (Å²) < 4.78 is 0. The Hall–Kier alpha value is -2.14. The Kier molecular flexibility index (Phi) is 3.45. The van der Waals surface area contributed by atoms with Crippen molar-refractivity contribution in [1.82, 2.24) is 9.97 Å². The Morgan fingerprint density at radius 2 is 2.00 bits per heavy atom. The first-order chi connectivity index (χ1) is 11.2. The van der Waals surface area contributed by atoms with E-state index in [1.54, 1.807) is 0 Å². The summed E-state index contributed by atoms with van der Waals surface area (Å²) in [5.41, 5.74) is 13.3. The third-order valence-electron chi connectivity index (χ3n) is 4.49. The van der Waals surface area contributed by atoms with E-state index in [-0.39, 0.29) is 0 Å². The second-order valence-corrected chi connectivity index (χ2v) is 6.93. The summed E-state index contributed by atoms with van der Waals surface area (Å²) in [6.45, 7) is 4.30. The maximum atomic E-state index is 6.20. The molecule has 4 nitrogen and oxygen atoms in total. The van der Waals surface area contributed by atoms with Crippen molar-refractivity contribution in [1.29, 1.82) is 0 Å². The van der Waals surface area contributed by atoms with Gasteiger partial charge in [-0.3, -0.25) is 0 Å². The van der Waals surface area contributed by atoms with Gasteiger partial charge in [-0.05, 0) is 42.3 Å². The molecule has 1 aliphatic heterocycles. The van der Waals surface area contributed by atoms with Gasteiger partial charge in [-0.15, -0.1) is 0 Å². The largest absolute Gasteiger partial charge is 0.383 e. The highest BCUT2D eigenvalue weighted by atomic mass is 32.2. The standard InChI is InChI=1S/C18H18N4S/c1-3-11-8-14-16(10(11)2)17(19)22-18(21-14)23-15-9-12-6-4-5-7-13(12)20-15/h4-7H,3,8-9H2,1-2H3,(H2,19,21,22). The third-order valence-corrected chi connectivity index (χ3v) is 5.33. The van der Waals surface area contributed by atoms with Gasteiger partial charge in [-0.25, -0.2) is 15.0 Å². The lowest BCUT2D eigenvalue weighted by atomic mass is 10.1. The first-order valence-corrected chi connectivity index (χ1v) is 8.66. The van der Waals surface area contributed by atoms with Gasteiger partial charge >= 0.3 is 0 Å². The maximum Gasteiger partial charge on any atom is 0.195 e. The Bertz CT molecular complexity index is 867. The van der Waals surface area contributed by atoms with Crippen LogP contribution in [0.3, 0.4) is 0 Å². The van der Waals surface area contributed by atoms with Crippen LogP contribution in [0.25, 0.3) is 5.57 Å². The molecule has 1 aliphatic carbocycles. The molecule has 0 saturated heterocycles. The summed E-state index contributed by atoms with van der Waals surface area (Å²) in [6, 6.07) is 8.22. The number of rotatable bonds is 2. The van der Waals surface area contributed by atoms with Gasteiger partial charge in [0.25, 0.3) is 0 Å². The van der Waals surface area contributed by atoms with Gasteiger partial charge in [-0.2, -0.15) is 0 Å². The van der Waals surface area contributed by atoms with E-state index in [0.29, 0.717) is 11.0 Å². The number of benzene rings is 1. The van der Waals surface area contributed by atoms with Crippen LogP contribution in [0.4, 0.5) is 11.5 Å². The van der Waals surface area contributed by atoms with Crippen LogP contribution >= 0.6 is 11.8 Å². The van der Waals surface area contributed by atoms with E-state index >= 15 is 0 Å². The average molecular weight is 322 g/mol. The van der Waals surface area contributed by atoms with E-state index in [0.717, 1.165) is 41.3 Å². The molecule has 116 valence electrons.